The lowest BCUT2D eigenvalue weighted by atomic mass is 9.65. The Morgan fingerprint density at radius 1 is 0.818 bits per heavy atom. The molecule has 0 radical (unpaired) electrons. The van der Waals surface area contributed by atoms with Crippen LogP contribution >= 0.6 is 0 Å². The predicted molar refractivity (Wildman–Crippen MR) is 244 cm³/mol. The van der Waals surface area contributed by atoms with E-state index in [-0.39, 0.29) is 26.3 Å². The number of rotatable bonds is 10. The number of esters is 1. The molecule has 6 atom stereocenters. The SMILES string of the molecule is O=C1O[C@@H](c2ccccc2)[C@@H](c2ccccc2)N2[C@@H](c3cccc(OCCO)c3)[C@]3(C(=O)Nc4ccc(C#CCn5nnc6ccccc65)cc43)[C@@H](C(=O)NCc3nc4ccccc4[nH]3)[C@H]12. The van der Waals surface area contributed by atoms with E-state index in [1.807, 2.05) is 144 Å². The van der Waals surface area contributed by atoms with E-state index in [1.165, 1.54) is 0 Å². The van der Waals surface area contributed by atoms with Crippen LogP contribution in [-0.2, 0) is 37.6 Å². The van der Waals surface area contributed by atoms with Crippen LogP contribution in [0.3, 0.4) is 0 Å². The van der Waals surface area contributed by atoms with E-state index in [2.05, 4.69) is 37.8 Å². The van der Waals surface area contributed by atoms with Crippen molar-refractivity contribution in [2.75, 3.05) is 18.5 Å². The minimum Gasteiger partial charge on any atom is -0.491 e. The van der Waals surface area contributed by atoms with Crippen molar-refractivity contribution < 1.29 is 29.0 Å². The Morgan fingerprint density at radius 3 is 2.36 bits per heavy atom. The molecule has 8 aromatic rings. The number of carbonyl (C=O) groups is 3. The smallest absolute Gasteiger partial charge is 0.324 e. The summed E-state index contributed by atoms with van der Waals surface area (Å²) >= 11 is 0. The van der Waals surface area contributed by atoms with Crippen LogP contribution in [-0.4, -0.2) is 72.0 Å². The predicted octanol–water partition coefficient (Wildman–Crippen LogP) is 6.32. The maximum atomic E-state index is 15.6. The van der Waals surface area contributed by atoms with Gasteiger partial charge in [0.05, 0.1) is 47.7 Å². The van der Waals surface area contributed by atoms with Gasteiger partial charge in [-0.3, -0.25) is 19.3 Å². The molecule has 326 valence electrons. The quantitative estimate of drug-likeness (QED) is 0.0899. The van der Waals surface area contributed by atoms with Crippen LogP contribution in [0.5, 0.6) is 5.75 Å². The summed E-state index contributed by atoms with van der Waals surface area (Å²) in [4.78, 5) is 56.4. The zero-order valence-electron chi connectivity index (χ0n) is 35.4. The normalized spacial score (nSPS) is 22.0. The largest absolute Gasteiger partial charge is 0.491 e. The molecule has 11 rings (SSSR count). The monoisotopic (exact) mass is 874 g/mol. The average Bonchev–Trinajstić information content (AvgIpc) is 4.12. The maximum Gasteiger partial charge on any atom is 0.324 e. The van der Waals surface area contributed by atoms with Gasteiger partial charge >= 0.3 is 5.97 Å². The van der Waals surface area contributed by atoms with Crippen LogP contribution in [0.2, 0.25) is 0 Å². The number of aromatic amines is 1. The summed E-state index contributed by atoms with van der Waals surface area (Å²) in [6, 6.07) is 44.3. The van der Waals surface area contributed by atoms with Crippen LogP contribution in [0.15, 0.2) is 152 Å². The molecule has 0 aliphatic carbocycles. The highest BCUT2D eigenvalue weighted by atomic mass is 16.6. The second-order valence-electron chi connectivity index (χ2n) is 16.6. The van der Waals surface area contributed by atoms with E-state index < -0.39 is 53.3 Å². The van der Waals surface area contributed by atoms with Crippen molar-refractivity contribution in [3.63, 3.8) is 0 Å². The molecule has 3 aliphatic rings. The van der Waals surface area contributed by atoms with E-state index >= 15 is 14.4 Å². The number of amides is 2. The molecule has 14 nitrogen and oxygen atoms in total. The summed E-state index contributed by atoms with van der Waals surface area (Å²) in [5.74, 6) is 4.47. The minimum absolute atomic E-state index is 0.0112. The first-order valence-electron chi connectivity index (χ1n) is 21.8. The highest BCUT2D eigenvalue weighted by molar-refractivity contribution is 6.12. The summed E-state index contributed by atoms with van der Waals surface area (Å²) < 4.78 is 14.3. The number of benzene rings is 6. The number of nitrogens with one attached hydrogen (secondary N) is 3. The first-order valence-corrected chi connectivity index (χ1v) is 21.8. The van der Waals surface area contributed by atoms with Gasteiger partial charge < -0.3 is 30.2 Å². The number of H-pyrrole nitrogens is 1. The average molecular weight is 875 g/mol. The molecule has 14 heteroatoms. The number of fused-ring (bicyclic) bond motifs is 5. The van der Waals surface area contributed by atoms with Crippen molar-refractivity contribution in [3.8, 4) is 17.6 Å². The molecule has 2 aromatic heterocycles. The van der Waals surface area contributed by atoms with E-state index in [0.717, 1.165) is 33.2 Å². The number of ether oxygens (including phenoxy) is 2. The Labute approximate surface area is 378 Å². The van der Waals surface area contributed by atoms with E-state index in [1.54, 1.807) is 16.8 Å². The van der Waals surface area contributed by atoms with Gasteiger partial charge in [-0.15, -0.1) is 5.10 Å². The number of aromatic nitrogens is 5. The fraction of sp³-hybridized carbons (Fsp3) is 0.192. The molecule has 0 bridgehead atoms. The molecular formula is C52H42N8O6. The highest BCUT2D eigenvalue weighted by Gasteiger charge is 2.74. The Bertz CT molecular complexity index is 3180. The van der Waals surface area contributed by atoms with Crippen molar-refractivity contribution >= 4 is 45.5 Å². The van der Waals surface area contributed by atoms with Crippen LogP contribution < -0.4 is 15.4 Å². The summed E-state index contributed by atoms with van der Waals surface area (Å²) in [7, 11) is 0. The number of imidazole rings is 1. The molecule has 6 aromatic carbocycles. The lowest BCUT2D eigenvalue weighted by Crippen LogP contribution is -2.54. The minimum atomic E-state index is -1.76. The molecule has 3 aliphatic heterocycles. The van der Waals surface area contributed by atoms with Crippen LogP contribution in [0.25, 0.3) is 22.1 Å². The van der Waals surface area contributed by atoms with Crippen molar-refractivity contribution in [1.82, 2.24) is 35.2 Å². The second-order valence-corrected chi connectivity index (χ2v) is 16.6. The zero-order valence-corrected chi connectivity index (χ0v) is 35.4. The van der Waals surface area contributed by atoms with Gasteiger partial charge in [0.25, 0.3) is 0 Å². The first-order chi connectivity index (χ1) is 32.4. The number of morpholine rings is 1. The highest BCUT2D eigenvalue weighted by Crippen LogP contribution is 2.65. The second kappa shape index (κ2) is 16.8. The lowest BCUT2D eigenvalue weighted by molar-refractivity contribution is -0.178. The van der Waals surface area contributed by atoms with E-state index in [9.17, 15) is 5.11 Å². The van der Waals surface area contributed by atoms with Crippen molar-refractivity contribution in [1.29, 1.82) is 0 Å². The third-order valence-electron chi connectivity index (χ3n) is 12.9. The van der Waals surface area contributed by atoms with Crippen molar-refractivity contribution in [2.45, 2.75) is 42.7 Å². The number of para-hydroxylation sites is 3. The number of aliphatic hydroxyl groups is 1. The Hall–Kier alpha value is -8.12. The molecule has 2 saturated heterocycles. The molecular weight excluding hydrogens is 833 g/mol. The lowest BCUT2D eigenvalue weighted by Gasteiger charge is -2.46. The van der Waals surface area contributed by atoms with E-state index in [4.69, 9.17) is 14.5 Å². The van der Waals surface area contributed by atoms with Crippen LogP contribution in [0.1, 0.15) is 51.8 Å². The van der Waals surface area contributed by atoms with Crippen LogP contribution in [0.4, 0.5) is 5.69 Å². The van der Waals surface area contributed by atoms with Gasteiger partial charge in [-0.05, 0) is 76.9 Å². The number of anilines is 1. The van der Waals surface area contributed by atoms with Gasteiger partial charge in [-0.1, -0.05) is 114 Å². The van der Waals surface area contributed by atoms with Gasteiger partial charge in [-0.25, -0.2) is 9.67 Å². The third kappa shape index (κ3) is 6.84. The fourth-order valence-corrected chi connectivity index (χ4v) is 10.2. The topological polar surface area (TPSA) is 177 Å². The number of cyclic esters (lactones) is 1. The Kier molecular flexibility index (Phi) is 10.3. The van der Waals surface area contributed by atoms with Gasteiger partial charge in [0.15, 0.2) is 0 Å². The van der Waals surface area contributed by atoms with Crippen molar-refractivity contribution in [2.24, 2.45) is 5.92 Å². The van der Waals surface area contributed by atoms with Gasteiger partial charge in [0.1, 0.15) is 47.8 Å². The Morgan fingerprint density at radius 2 is 1.56 bits per heavy atom. The summed E-state index contributed by atoms with van der Waals surface area (Å²) in [6.07, 6.45) is -0.836. The molecule has 1 spiro atoms. The Balaban J connectivity index is 1.12. The maximum absolute atomic E-state index is 15.6. The number of nitrogens with zero attached hydrogens (tertiary/aromatic N) is 5. The van der Waals surface area contributed by atoms with Gasteiger partial charge in [-0.2, -0.15) is 0 Å². The zero-order chi connectivity index (χ0) is 44.8. The number of carbonyl (C=O) groups excluding carboxylic acids is 3. The molecule has 0 unspecified atom stereocenters. The molecule has 2 amide bonds. The van der Waals surface area contributed by atoms with Gasteiger partial charge in [0.2, 0.25) is 11.8 Å². The molecule has 4 N–H and O–H groups in total. The summed E-state index contributed by atoms with van der Waals surface area (Å²) in [6.45, 7) is 0.0515. The number of hydrogen-bond donors (Lipinski definition) is 4. The van der Waals surface area contributed by atoms with E-state index in [0.29, 0.717) is 34.0 Å². The third-order valence-corrected chi connectivity index (χ3v) is 12.9. The summed E-state index contributed by atoms with van der Waals surface area (Å²) in [5, 5.41) is 24.6. The number of hydrogen-bond acceptors (Lipinski definition) is 10. The van der Waals surface area contributed by atoms with Gasteiger partial charge in [0, 0.05) is 11.3 Å². The molecule has 2 fully saturated rings. The fourth-order valence-electron chi connectivity index (χ4n) is 10.2. The molecule has 5 heterocycles. The van der Waals surface area contributed by atoms with Crippen LogP contribution in [0, 0.1) is 17.8 Å². The molecule has 66 heavy (non-hydrogen) atoms. The first kappa shape index (κ1) is 40.6. The molecule has 0 saturated carbocycles. The standard InChI is InChI=1S/C52H42N8O6/c61-27-28-65-36-19-11-18-35(30-36)48-52(37-29-32(24-25-38(37)56-51(52)64)13-12-26-59-42-23-10-9-22-41(42)57-58-59)44(49(62)53-31-43-54-39-20-7-8-21-40(39)55-43)46-50(63)66-47(34-16-5-2-6-17-34)45(60(46)48)33-14-3-1-4-15-33/h1-11,14-25,29-30,44-48,61H,26-28,31H2,(H,53,62)(H,54,55)(H,56,64)/t44-,45-,46-,47+,48+,52-/m1/s1. The number of aliphatic hydroxyl groups excluding tert-OH is 1. The van der Waals surface area contributed by atoms with Crippen molar-refractivity contribution in [3.05, 3.63) is 185 Å². The summed E-state index contributed by atoms with van der Waals surface area (Å²) in [5.41, 5.74) is 5.14.